The maximum absolute atomic E-state index is 11.9. The first-order valence-corrected chi connectivity index (χ1v) is 6.80. The number of hydrogen-bond donors (Lipinski definition) is 2. The summed E-state index contributed by atoms with van der Waals surface area (Å²) in [5.41, 5.74) is 0.521. The Hall–Kier alpha value is -0.580. The van der Waals surface area contributed by atoms with Crippen LogP contribution in [0.3, 0.4) is 0 Å². The fourth-order valence-corrected chi connectivity index (χ4v) is 2.67. The zero-order chi connectivity index (χ0) is 12.3. The minimum absolute atomic E-state index is 0.115. The molecule has 0 spiro atoms. The van der Waals surface area contributed by atoms with Crippen LogP contribution in [0.2, 0.25) is 5.02 Å². The van der Waals surface area contributed by atoms with Crippen molar-refractivity contribution in [2.45, 2.75) is 18.9 Å². The van der Waals surface area contributed by atoms with Crippen LogP contribution in [0.1, 0.15) is 23.2 Å². The zero-order valence-corrected chi connectivity index (χ0v) is 11.6. The first-order chi connectivity index (χ1) is 8.16. The Kier molecular flexibility index (Phi) is 4.42. The molecular weight excluding hydrogens is 304 g/mol. The van der Waals surface area contributed by atoms with E-state index in [9.17, 15) is 4.79 Å². The molecule has 1 aliphatic heterocycles. The standard InChI is InChI=1S/C12H14BrClN2O/c13-8-3-4-10(11(14)6-8)12(17)16-7-9-2-1-5-15-9/h3-4,6,9,15H,1-2,5,7H2,(H,16,17). The van der Waals surface area contributed by atoms with Gasteiger partial charge in [-0.25, -0.2) is 0 Å². The molecule has 1 amide bonds. The molecule has 2 N–H and O–H groups in total. The molecule has 1 atom stereocenters. The highest BCUT2D eigenvalue weighted by Crippen LogP contribution is 2.21. The number of nitrogens with one attached hydrogen (secondary N) is 2. The van der Waals surface area contributed by atoms with Crippen molar-refractivity contribution in [2.24, 2.45) is 0 Å². The van der Waals surface area contributed by atoms with Crippen LogP contribution in [-0.4, -0.2) is 25.0 Å². The van der Waals surface area contributed by atoms with Crippen LogP contribution in [-0.2, 0) is 0 Å². The van der Waals surface area contributed by atoms with Gasteiger partial charge in [0.2, 0.25) is 0 Å². The number of benzene rings is 1. The third-order valence-corrected chi connectivity index (χ3v) is 3.65. The Bertz CT molecular complexity index is 419. The zero-order valence-electron chi connectivity index (χ0n) is 9.30. The van der Waals surface area contributed by atoms with Crippen LogP contribution in [0.4, 0.5) is 0 Å². The molecule has 0 aromatic heterocycles. The second-order valence-electron chi connectivity index (χ2n) is 4.13. The Balaban J connectivity index is 1.94. The summed E-state index contributed by atoms with van der Waals surface area (Å²) >= 11 is 9.33. The van der Waals surface area contributed by atoms with E-state index in [4.69, 9.17) is 11.6 Å². The normalized spacial score (nSPS) is 19.3. The van der Waals surface area contributed by atoms with E-state index in [1.54, 1.807) is 12.1 Å². The SMILES string of the molecule is O=C(NCC1CCCN1)c1ccc(Br)cc1Cl. The van der Waals surface area contributed by atoms with Gasteiger partial charge in [-0.2, -0.15) is 0 Å². The molecule has 0 radical (unpaired) electrons. The summed E-state index contributed by atoms with van der Waals surface area (Å²) in [6.45, 7) is 1.70. The summed E-state index contributed by atoms with van der Waals surface area (Å²) in [5.74, 6) is -0.115. The lowest BCUT2D eigenvalue weighted by Crippen LogP contribution is -2.37. The molecule has 2 rings (SSSR count). The molecule has 1 aromatic rings. The lowest BCUT2D eigenvalue weighted by Gasteiger charge is -2.12. The molecule has 1 aliphatic rings. The van der Waals surface area contributed by atoms with Crippen molar-refractivity contribution >= 4 is 33.4 Å². The molecule has 0 bridgehead atoms. The lowest BCUT2D eigenvalue weighted by atomic mass is 10.2. The summed E-state index contributed by atoms with van der Waals surface area (Å²) in [6, 6.07) is 5.66. The van der Waals surface area contributed by atoms with Crippen molar-refractivity contribution < 1.29 is 4.79 Å². The minimum Gasteiger partial charge on any atom is -0.350 e. The van der Waals surface area contributed by atoms with E-state index >= 15 is 0 Å². The highest BCUT2D eigenvalue weighted by atomic mass is 79.9. The van der Waals surface area contributed by atoms with Crippen molar-refractivity contribution in [2.75, 3.05) is 13.1 Å². The highest BCUT2D eigenvalue weighted by molar-refractivity contribution is 9.10. The first-order valence-electron chi connectivity index (χ1n) is 5.63. The van der Waals surface area contributed by atoms with Gasteiger partial charge in [0.15, 0.2) is 0 Å². The molecule has 1 unspecified atom stereocenters. The maximum Gasteiger partial charge on any atom is 0.252 e. The largest absolute Gasteiger partial charge is 0.350 e. The molecule has 92 valence electrons. The van der Waals surface area contributed by atoms with Gasteiger partial charge in [0.05, 0.1) is 10.6 Å². The van der Waals surface area contributed by atoms with Crippen LogP contribution in [0.25, 0.3) is 0 Å². The second-order valence-corrected chi connectivity index (χ2v) is 5.45. The second kappa shape index (κ2) is 5.85. The average Bonchev–Trinajstić information content (AvgIpc) is 2.78. The lowest BCUT2D eigenvalue weighted by molar-refractivity contribution is 0.0950. The Labute approximate surface area is 114 Å². The molecule has 1 aromatic carbocycles. The predicted molar refractivity (Wildman–Crippen MR) is 72.5 cm³/mol. The van der Waals surface area contributed by atoms with E-state index in [1.807, 2.05) is 6.07 Å². The van der Waals surface area contributed by atoms with Crippen LogP contribution < -0.4 is 10.6 Å². The van der Waals surface area contributed by atoms with E-state index in [0.29, 0.717) is 23.2 Å². The number of amides is 1. The smallest absolute Gasteiger partial charge is 0.252 e. The monoisotopic (exact) mass is 316 g/mol. The summed E-state index contributed by atoms with van der Waals surface area (Å²) in [7, 11) is 0. The topological polar surface area (TPSA) is 41.1 Å². The number of hydrogen-bond acceptors (Lipinski definition) is 2. The van der Waals surface area contributed by atoms with Gasteiger partial charge in [-0.05, 0) is 37.6 Å². The molecule has 3 nitrogen and oxygen atoms in total. The van der Waals surface area contributed by atoms with E-state index < -0.39 is 0 Å². The average molecular weight is 318 g/mol. The molecular formula is C12H14BrClN2O. The van der Waals surface area contributed by atoms with Crippen LogP contribution in [0.15, 0.2) is 22.7 Å². The van der Waals surface area contributed by atoms with E-state index in [2.05, 4.69) is 26.6 Å². The molecule has 1 saturated heterocycles. The number of carbonyl (C=O) groups excluding carboxylic acids is 1. The Morgan fingerprint density at radius 2 is 2.41 bits per heavy atom. The van der Waals surface area contributed by atoms with Gasteiger partial charge >= 0.3 is 0 Å². The fraction of sp³-hybridized carbons (Fsp3) is 0.417. The summed E-state index contributed by atoms with van der Waals surface area (Å²) in [6.07, 6.45) is 2.30. The van der Waals surface area contributed by atoms with Crippen LogP contribution in [0, 0.1) is 0 Å². The van der Waals surface area contributed by atoms with Gasteiger partial charge < -0.3 is 10.6 Å². The number of rotatable bonds is 3. The third-order valence-electron chi connectivity index (χ3n) is 2.85. The molecule has 1 heterocycles. The van der Waals surface area contributed by atoms with Gasteiger partial charge in [0.1, 0.15) is 0 Å². The quantitative estimate of drug-likeness (QED) is 0.899. The predicted octanol–water partition coefficient (Wildman–Crippen LogP) is 2.58. The summed E-state index contributed by atoms with van der Waals surface area (Å²) < 4.78 is 0.872. The van der Waals surface area contributed by atoms with Gasteiger partial charge in [0.25, 0.3) is 5.91 Å². The molecule has 5 heteroatoms. The van der Waals surface area contributed by atoms with E-state index in [0.717, 1.165) is 17.4 Å². The summed E-state index contributed by atoms with van der Waals surface area (Å²) in [4.78, 5) is 11.9. The van der Waals surface area contributed by atoms with Gasteiger partial charge in [-0.1, -0.05) is 27.5 Å². The molecule has 1 fully saturated rings. The van der Waals surface area contributed by atoms with Crippen molar-refractivity contribution in [3.05, 3.63) is 33.3 Å². The van der Waals surface area contributed by atoms with Crippen molar-refractivity contribution in [1.29, 1.82) is 0 Å². The summed E-state index contributed by atoms with van der Waals surface area (Å²) in [5, 5.41) is 6.70. The Morgan fingerprint density at radius 1 is 1.59 bits per heavy atom. The Morgan fingerprint density at radius 3 is 3.06 bits per heavy atom. The van der Waals surface area contributed by atoms with Crippen LogP contribution in [0.5, 0.6) is 0 Å². The van der Waals surface area contributed by atoms with Crippen LogP contribution >= 0.6 is 27.5 Å². The van der Waals surface area contributed by atoms with Crippen molar-refractivity contribution in [3.8, 4) is 0 Å². The molecule has 17 heavy (non-hydrogen) atoms. The first kappa shape index (κ1) is 12.9. The minimum atomic E-state index is -0.115. The van der Waals surface area contributed by atoms with Gasteiger partial charge in [-0.15, -0.1) is 0 Å². The number of carbonyl (C=O) groups is 1. The van der Waals surface area contributed by atoms with Crippen molar-refractivity contribution in [1.82, 2.24) is 10.6 Å². The molecule has 0 saturated carbocycles. The fourth-order valence-electron chi connectivity index (χ4n) is 1.92. The van der Waals surface area contributed by atoms with Gasteiger partial charge in [-0.3, -0.25) is 4.79 Å². The maximum atomic E-state index is 11.9. The van der Waals surface area contributed by atoms with E-state index in [-0.39, 0.29) is 5.91 Å². The number of halogens is 2. The molecule has 0 aliphatic carbocycles. The highest BCUT2D eigenvalue weighted by Gasteiger charge is 2.16. The van der Waals surface area contributed by atoms with E-state index in [1.165, 1.54) is 6.42 Å². The van der Waals surface area contributed by atoms with Crippen molar-refractivity contribution in [3.63, 3.8) is 0 Å². The van der Waals surface area contributed by atoms with Gasteiger partial charge in [0, 0.05) is 17.1 Å². The third kappa shape index (κ3) is 3.44.